The van der Waals surface area contributed by atoms with Crippen LogP contribution >= 0.6 is 0 Å². The molecule has 3 rings (SSSR count). The molecule has 2 aromatic carbocycles. The van der Waals surface area contributed by atoms with Crippen LogP contribution in [0.5, 0.6) is 0 Å². The summed E-state index contributed by atoms with van der Waals surface area (Å²) in [5.41, 5.74) is 1.50. The maximum atomic E-state index is 12.4. The molecule has 26 heavy (non-hydrogen) atoms. The normalized spacial score (nSPS) is 19.6. The molecule has 0 amide bonds. The third-order valence-electron chi connectivity index (χ3n) is 4.62. The lowest BCUT2D eigenvalue weighted by molar-refractivity contribution is -0.138. The van der Waals surface area contributed by atoms with E-state index in [4.69, 9.17) is 5.11 Å². The number of ketones is 1. The van der Waals surface area contributed by atoms with Crippen molar-refractivity contribution >= 4 is 28.2 Å². The number of aliphatic hydroxyl groups is 1. The van der Waals surface area contributed by atoms with Crippen LogP contribution in [0.15, 0.2) is 58.8 Å². The van der Waals surface area contributed by atoms with E-state index in [0.717, 1.165) is 16.3 Å². The van der Waals surface area contributed by atoms with Gasteiger partial charge in [-0.05, 0) is 36.1 Å². The van der Waals surface area contributed by atoms with Gasteiger partial charge in [0.15, 0.2) is 5.78 Å². The Morgan fingerprint density at radius 2 is 1.85 bits per heavy atom. The molecule has 0 aromatic heterocycles. The fraction of sp³-hybridized carbons (Fsp3) is 0.286. The lowest BCUT2D eigenvalue weighted by Crippen LogP contribution is -2.25. The number of carbonyl (C=O) groups excluding carboxylic acids is 1. The van der Waals surface area contributed by atoms with Crippen LogP contribution in [0.2, 0.25) is 0 Å². The number of hydrogen-bond donors (Lipinski definition) is 2. The summed E-state index contributed by atoms with van der Waals surface area (Å²) in [5.74, 6) is -1.27. The van der Waals surface area contributed by atoms with E-state index in [1.807, 2.05) is 42.5 Å². The van der Waals surface area contributed by atoms with Crippen molar-refractivity contribution in [1.29, 1.82) is 0 Å². The Labute approximate surface area is 151 Å². The van der Waals surface area contributed by atoms with Gasteiger partial charge in [-0.25, -0.2) is 4.79 Å². The van der Waals surface area contributed by atoms with Crippen molar-refractivity contribution in [1.82, 2.24) is 0 Å². The number of aliphatic imine (C=N–C) groups is 1. The molecule has 134 valence electrons. The van der Waals surface area contributed by atoms with E-state index in [-0.39, 0.29) is 23.5 Å². The van der Waals surface area contributed by atoms with Gasteiger partial charge in [-0.1, -0.05) is 42.5 Å². The first-order valence-electron chi connectivity index (χ1n) is 8.69. The van der Waals surface area contributed by atoms with Gasteiger partial charge >= 0.3 is 5.97 Å². The summed E-state index contributed by atoms with van der Waals surface area (Å²) in [5, 5.41) is 21.9. The minimum atomic E-state index is -1.05. The molecule has 1 unspecified atom stereocenters. The smallest absolute Gasteiger partial charge is 0.328 e. The Hall–Kier alpha value is -2.95. The molecule has 5 nitrogen and oxygen atoms in total. The number of aliphatic hydroxyl groups excluding tert-OH is 1. The minimum Gasteiger partial charge on any atom is -0.511 e. The number of aliphatic carboxylic acids is 1. The Morgan fingerprint density at radius 3 is 2.62 bits per heavy atom. The van der Waals surface area contributed by atoms with Gasteiger partial charge in [-0.3, -0.25) is 9.79 Å². The Balaban J connectivity index is 2.02. The van der Waals surface area contributed by atoms with Crippen LogP contribution in [0, 0.1) is 0 Å². The maximum Gasteiger partial charge on any atom is 0.328 e. The van der Waals surface area contributed by atoms with Crippen molar-refractivity contribution in [3.8, 4) is 0 Å². The molecule has 1 aliphatic carbocycles. The third kappa shape index (κ3) is 3.67. The van der Waals surface area contributed by atoms with Crippen LogP contribution in [-0.4, -0.2) is 33.7 Å². The molecule has 0 spiro atoms. The van der Waals surface area contributed by atoms with Gasteiger partial charge in [0.05, 0.1) is 11.3 Å². The van der Waals surface area contributed by atoms with Crippen LogP contribution in [0.1, 0.15) is 31.7 Å². The molecule has 1 saturated carbocycles. The topological polar surface area (TPSA) is 87.0 Å². The second-order valence-electron chi connectivity index (χ2n) is 6.50. The van der Waals surface area contributed by atoms with Gasteiger partial charge in [0.25, 0.3) is 0 Å². The lowest BCUT2D eigenvalue weighted by atomic mass is 9.88. The first-order valence-corrected chi connectivity index (χ1v) is 8.69. The first kappa shape index (κ1) is 17.9. The van der Waals surface area contributed by atoms with E-state index in [1.54, 1.807) is 0 Å². The zero-order chi connectivity index (χ0) is 18.7. The summed E-state index contributed by atoms with van der Waals surface area (Å²) in [4.78, 5) is 27.7. The Kier molecular flexibility index (Phi) is 5.16. The number of nitrogens with zero attached hydrogens (tertiary/aromatic N) is 1. The fourth-order valence-corrected chi connectivity index (χ4v) is 3.29. The van der Waals surface area contributed by atoms with Crippen molar-refractivity contribution in [2.45, 2.75) is 38.6 Å². The number of Topliss-reactive ketones (excluding diaryl/α,β-unsaturated/α-hetero) is 1. The van der Waals surface area contributed by atoms with Crippen molar-refractivity contribution in [2.75, 3.05) is 0 Å². The van der Waals surface area contributed by atoms with E-state index < -0.39 is 12.0 Å². The van der Waals surface area contributed by atoms with Crippen molar-refractivity contribution in [3.63, 3.8) is 0 Å². The van der Waals surface area contributed by atoms with Crippen LogP contribution < -0.4 is 0 Å². The summed E-state index contributed by atoms with van der Waals surface area (Å²) in [6.45, 7) is 1.47. The first-order chi connectivity index (χ1) is 12.5. The van der Waals surface area contributed by atoms with E-state index in [9.17, 15) is 14.7 Å². The molecular formula is C21H21NO4. The summed E-state index contributed by atoms with van der Waals surface area (Å²) >= 11 is 0. The number of rotatable bonds is 4. The SMILES string of the molecule is CC(N=C1CCCC(=O)/C1=C(/O)Cc1cccc2ccccc12)C(=O)O. The number of hydrogen-bond acceptors (Lipinski definition) is 4. The number of carboxylic acid groups (broad SMARTS) is 1. The van der Waals surface area contributed by atoms with Gasteiger partial charge in [0.2, 0.25) is 0 Å². The molecule has 0 saturated heterocycles. The zero-order valence-corrected chi connectivity index (χ0v) is 14.6. The number of benzene rings is 2. The van der Waals surface area contributed by atoms with E-state index in [1.165, 1.54) is 6.92 Å². The minimum absolute atomic E-state index is 0.0395. The van der Waals surface area contributed by atoms with Gasteiger partial charge < -0.3 is 10.2 Å². The average molecular weight is 351 g/mol. The van der Waals surface area contributed by atoms with Gasteiger partial charge in [-0.15, -0.1) is 0 Å². The standard InChI is InChI=1S/C21H21NO4/c1-13(21(25)26)22-17-10-5-11-18(23)20(17)19(24)12-15-8-4-7-14-6-2-3-9-16(14)15/h2-4,6-9,13,24H,5,10-12H2,1H3,(H,25,26)/b20-19+,22-17?. The second-order valence-corrected chi connectivity index (χ2v) is 6.50. The van der Waals surface area contributed by atoms with Gasteiger partial charge in [-0.2, -0.15) is 0 Å². The van der Waals surface area contributed by atoms with Crippen LogP contribution in [0.4, 0.5) is 0 Å². The Bertz CT molecular complexity index is 921. The molecule has 0 heterocycles. The zero-order valence-electron chi connectivity index (χ0n) is 14.6. The lowest BCUT2D eigenvalue weighted by Gasteiger charge is -2.19. The van der Waals surface area contributed by atoms with E-state index in [0.29, 0.717) is 25.0 Å². The Morgan fingerprint density at radius 1 is 1.12 bits per heavy atom. The number of carboxylic acids is 1. The number of fused-ring (bicyclic) bond motifs is 1. The molecule has 2 N–H and O–H groups in total. The van der Waals surface area contributed by atoms with E-state index in [2.05, 4.69) is 4.99 Å². The van der Waals surface area contributed by atoms with Crippen molar-refractivity contribution < 1.29 is 19.8 Å². The van der Waals surface area contributed by atoms with Crippen molar-refractivity contribution in [3.05, 3.63) is 59.4 Å². The largest absolute Gasteiger partial charge is 0.511 e. The van der Waals surface area contributed by atoms with Crippen LogP contribution in [0.25, 0.3) is 10.8 Å². The summed E-state index contributed by atoms with van der Waals surface area (Å²) < 4.78 is 0. The fourth-order valence-electron chi connectivity index (χ4n) is 3.29. The molecule has 0 aliphatic heterocycles. The molecule has 5 heteroatoms. The molecule has 1 fully saturated rings. The monoisotopic (exact) mass is 351 g/mol. The van der Waals surface area contributed by atoms with Gasteiger partial charge in [0.1, 0.15) is 11.8 Å². The molecule has 0 radical (unpaired) electrons. The van der Waals surface area contributed by atoms with Crippen LogP contribution in [0.3, 0.4) is 0 Å². The molecule has 1 aliphatic rings. The summed E-state index contributed by atoms with van der Waals surface area (Å²) in [7, 11) is 0. The second kappa shape index (κ2) is 7.52. The summed E-state index contributed by atoms with van der Waals surface area (Å²) in [6, 6.07) is 12.7. The highest BCUT2D eigenvalue weighted by atomic mass is 16.4. The number of allylic oxidation sites excluding steroid dienone is 2. The van der Waals surface area contributed by atoms with Crippen LogP contribution in [-0.2, 0) is 16.0 Å². The molecule has 1 atom stereocenters. The molecule has 0 bridgehead atoms. The molecule has 2 aromatic rings. The number of carbonyl (C=O) groups is 2. The average Bonchev–Trinajstić information content (AvgIpc) is 2.62. The third-order valence-corrected chi connectivity index (χ3v) is 4.62. The maximum absolute atomic E-state index is 12.4. The van der Waals surface area contributed by atoms with Gasteiger partial charge in [0, 0.05) is 12.8 Å². The highest BCUT2D eigenvalue weighted by molar-refractivity contribution is 6.24. The molecular weight excluding hydrogens is 330 g/mol. The highest BCUT2D eigenvalue weighted by Gasteiger charge is 2.27. The predicted octanol–water partition coefficient (Wildman–Crippen LogP) is 3.86. The predicted molar refractivity (Wildman–Crippen MR) is 101 cm³/mol. The summed E-state index contributed by atoms with van der Waals surface area (Å²) in [6.07, 6.45) is 1.67. The quantitative estimate of drug-likeness (QED) is 0.647. The highest BCUT2D eigenvalue weighted by Crippen LogP contribution is 2.26. The van der Waals surface area contributed by atoms with E-state index >= 15 is 0 Å². The van der Waals surface area contributed by atoms with Crippen molar-refractivity contribution in [2.24, 2.45) is 4.99 Å².